The number of hydrogen-bond donors (Lipinski definition) is 3. The van der Waals surface area contributed by atoms with Crippen molar-refractivity contribution in [3.63, 3.8) is 0 Å². The zero-order valence-electron chi connectivity index (χ0n) is 11.5. The van der Waals surface area contributed by atoms with Gasteiger partial charge in [0.2, 0.25) is 5.91 Å². The normalized spacial score (nSPS) is 16.4. The lowest BCUT2D eigenvalue weighted by atomic mass is 10.3. The second kappa shape index (κ2) is 7.33. The lowest BCUT2D eigenvalue weighted by Crippen LogP contribution is -2.48. The van der Waals surface area contributed by atoms with Gasteiger partial charge >= 0.3 is 6.03 Å². The number of nitrogens with one attached hydrogen (secondary N) is 3. The number of likely N-dealkylation sites (N-methyl/N-ethyl adjacent to an activating group) is 1. The molecule has 1 rings (SSSR count). The van der Waals surface area contributed by atoms with Gasteiger partial charge in [0.15, 0.2) is 0 Å². The molecule has 6 heteroatoms. The Morgan fingerprint density at radius 1 is 1.39 bits per heavy atom. The second-order valence-corrected chi connectivity index (χ2v) is 4.60. The lowest BCUT2D eigenvalue weighted by molar-refractivity contribution is -0.121. The minimum atomic E-state index is -0.471. The fourth-order valence-corrected chi connectivity index (χ4v) is 1.84. The Hall–Kier alpha value is -1.14. The number of imide groups is 1. The molecule has 1 aliphatic rings. The van der Waals surface area contributed by atoms with Gasteiger partial charge in [-0.15, -0.1) is 0 Å². The number of carbonyl (C=O) groups is 2. The van der Waals surface area contributed by atoms with E-state index < -0.39 is 6.03 Å². The van der Waals surface area contributed by atoms with Crippen molar-refractivity contribution >= 4 is 11.9 Å². The molecular weight excluding hydrogens is 232 g/mol. The summed E-state index contributed by atoms with van der Waals surface area (Å²) in [6.45, 7) is 6.66. The summed E-state index contributed by atoms with van der Waals surface area (Å²) in [5.41, 5.74) is 0. The summed E-state index contributed by atoms with van der Waals surface area (Å²) in [5, 5.41) is 7.73. The van der Waals surface area contributed by atoms with E-state index in [4.69, 9.17) is 0 Å². The third kappa shape index (κ3) is 5.01. The van der Waals surface area contributed by atoms with Crippen molar-refractivity contribution in [3.05, 3.63) is 0 Å². The van der Waals surface area contributed by atoms with Crippen LogP contribution >= 0.6 is 0 Å². The van der Waals surface area contributed by atoms with Gasteiger partial charge in [0.05, 0.1) is 6.04 Å². The molecule has 3 amide bonds. The standard InChI is InChI=1S/C12H24N4O2/c1-4-16(10-5-6-10)8-7-14-9(2)11(17)15-12(18)13-3/h9-10,14H,4-8H2,1-3H3,(H2,13,15,17,18). The van der Waals surface area contributed by atoms with Crippen LogP contribution in [0.4, 0.5) is 4.79 Å². The Balaban J connectivity index is 2.17. The fraction of sp³-hybridized carbons (Fsp3) is 0.833. The van der Waals surface area contributed by atoms with Gasteiger partial charge in [-0.3, -0.25) is 15.0 Å². The van der Waals surface area contributed by atoms with Crippen LogP contribution in [0.1, 0.15) is 26.7 Å². The van der Waals surface area contributed by atoms with Crippen molar-refractivity contribution in [1.82, 2.24) is 20.9 Å². The van der Waals surface area contributed by atoms with E-state index in [1.165, 1.54) is 19.9 Å². The molecule has 0 aromatic rings. The zero-order valence-corrected chi connectivity index (χ0v) is 11.5. The molecular formula is C12H24N4O2. The van der Waals surface area contributed by atoms with Crippen LogP contribution in [0.2, 0.25) is 0 Å². The molecule has 1 fully saturated rings. The maximum atomic E-state index is 11.6. The van der Waals surface area contributed by atoms with Crippen molar-refractivity contribution in [1.29, 1.82) is 0 Å². The monoisotopic (exact) mass is 256 g/mol. The van der Waals surface area contributed by atoms with Crippen molar-refractivity contribution < 1.29 is 9.59 Å². The van der Waals surface area contributed by atoms with Gasteiger partial charge in [0, 0.05) is 26.2 Å². The van der Waals surface area contributed by atoms with E-state index in [-0.39, 0.29) is 11.9 Å². The highest BCUT2D eigenvalue weighted by molar-refractivity contribution is 5.96. The number of rotatable bonds is 7. The minimum absolute atomic E-state index is 0.302. The van der Waals surface area contributed by atoms with Crippen molar-refractivity contribution in [2.45, 2.75) is 38.8 Å². The zero-order chi connectivity index (χ0) is 13.5. The second-order valence-electron chi connectivity index (χ2n) is 4.60. The average Bonchev–Trinajstić information content (AvgIpc) is 3.18. The first-order valence-electron chi connectivity index (χ1n) is 6.58. The van der Waals surface area contributed by atoms with E-state index >= 15 is 0 Å². The molecule has 0 heterocycles. The van der Waals surface area contributed by atoms with Gasteiger partial charge in [-0.2, -0.15) is 0 Å². The fourth-order valence-electron chi connectivity index (χ4n) is 1.84. The maximum absolute atomic E-state index is 11.6. The predicted molar refractivity (Wildman–Crippen MR) is 70.3 cm³/mol. The molecule has 1 saturated carbocycles. The first kappa shape index (κ1) is 14.9. The lowest BCUT2D eigenvalue weighted by Gasteiger charge is -2.21. The van der Waals surface area contributed by atoms with Gasteiger partial charge in [0.1, 0.15) is 0 Å². The van der Waals surface area contributed by atoms with E-state index in [1.807, 2.05) is 0 Å². The van der Waals surface area contributed by atoms with Crippen molar-refractivity contribution in [3.8, 4) is 0 Å². The number of nitrogens with zero attached hydrogens (tertiary/aromatic N) is 1. The molecule has 1 aliphatic carbocycles. The summed E-state index contributed by atoms with van der Waals surface area (Å²) in [6.07, 6.45) is 2.58. The maximum Gasteiger partial charge on any atom is 0.321 e. The van der Waals surface area contributed by atoms with Gasteiger partial charge < -0.3 is 10.6 Å². The number of urea groups is 1. The summed E-state index contributed by atoms with van der Waals surface area (Å²) in [7, 11) is 1.48. The average molecular weight is 256 g/mol. The minimum Gasteiger partial charge on any atom is -0.341 e. The topological polar surface area (TPSA) is 73.5 Å². The van der Waals surface area contributed by atoms with E-state index in [2.05, 4.69) is 27.8 Å². The van der Waals surface area contributed by atoms with E-state index in [9.17, 15) is 9.59 Å². The molecule has 104 valence electrons. The third-order valence-electron chi connectivity index (χ3n) is 3.18. The molecule has 18 heavy (non-hydrogen) atoms. The van der Waals surface area contributed by atoms with Crippen LogP contribution in [-0.2, 0) is 4.79 Å². The van der Waals surface area contributed by atoms with Crippen LogP contribution in [-0.4, -0.2) is 55.6 Å². The molecule has 1 atom stereocenters. The Morgan fingerprint density at radius 2 is 2.06 bits per heavy atom. The Labute approximate surface area is 108 Å². The van der Waals surface area contributed by atoms with Crippen LogP contribution in [0.25, 0.3) is 0 Å². The quantitative estimate of drug-likeness (QED) is 0.595. The highest BCUT2D eigenvalue weighted by Gasteiger charge is 2.27. The summed E-state index contributed by atoms with van der Waals surface area (Å²) in [4.78, 5) is 24.9. The van der Waals surface area contributed by atoms with E-state index in [1.54, 1.807) is 6.92 Å². The number of hydrogen-bond acceptors (Lipinski definition) is 4. The molecule has 0 saturated heterocycles. The van der Waals surface area contributed by atoms with E-state index in [0.29, 0.717) is 0 Å². The SMILES string of the molecule is CCN(CCNC(C)C(=O)NC(=O)NC)C1CC1. The molecule has 0 aromatic heterocycles. The van der Waals surface area contributed by atoms with Crippen LogP contribution in [0, 0.1) is 0 Å². The van der Waals surface area contributed by atoms with Gasteiger partial charge in [-0.05, 0) is 26.3 Å². The van der Waals surface area contributed by atoms with Gasteiger partial charge in [-0.25, -0.2) is 4.79 Å². The number of amides is 3. The molecule has 0 aromatic carbocycles. The van der Waals surface area contributed by atoms with Crippen LogP contribution in [0.5, 0.6) is 0 Å². The van der Waals surface area contributed by atoms with Crippen LogP contribution < -0.4 is 16.0 Å². The van der Waals surface area contributed by atoms with Gasteiger partial charge in [0.25, 0.3) is 0 Å². The van der Waals surface area contributed by atoms with Crippen LogP contribution in [0.3, 0.4) is 0 Å². The smallest absolute Gasteiger partial charge is 0.321 e. The molecule has 1 unspecified atom stereocenters. The third-order valence-corrected chi connectivity index (χ3v) is 3.18. The summed E-state index contributed by atoms with van der Waals surface area (Å²) in [5.74, 6) is -0.302. The van der Waals surface area contributed by atoms with Crippen molar-refractivity contribution in [2.24, 2.45) is 0 Å². The summed E-state index contributed by atoms with van der Waals surface area (Å²) in [6, 6.07) is -0.0890. The molecule has 0 spiro atoms. The van der Waals surface area contributed by atoms with Crippen molar-refractivity contribution in [2.75, 3.05) is 26.7 Å². The molecule has 6 nitrogen and oxygen atoms in total. The first-order chi connectivity index (χ1) is 8.58. The predicted octanol–water partition coefficient (Wildman–Crippen LogP) is -0.0956. The molecule has 0 bridgehead atoms. The van der Waals surface area contributed by atoms with Gasteiger partial charge in [-0.1, -0.05) is 6.92 Å². The highest BCUT2D eigenvalue weighted by Crippen LogP contribution is 2.25. The largest absolute Gasteiger partial charge is 0.341 e. The Kier molecular flexibility index (Phi) is 6.07. The summed E-state index contributed by atoms with van der Waals surface area (Å²) < 4.78 is 0. The summed E-state index contributed by atoms with van der Waals surface area (Å²) >= 11 is 0. The Bertz CT molecular complexity index is 292. The Morgan fingerprint density at radius 3 is 2.56 bits per heavy atom. The molecule has 0 radical (unpaired) electrons. The molecule has 0 aliphatic heterocycles. The number of carbonyl (C=O) groups excluding carboxylic acids is 2. The van der Waals surface area contributed by atoms with Crippen LogP contribution in [0.15, 0.2) is 0 Å². The molecule has 3 N–H and O–H groups in total. The highest BCUT2D eigenvalue weighted by atomic mass is 16.2. The van der Waals surface area contributed by atoms with E-state index in [0.717, 1.165) is 25.7 Å². The first-order valence-corrected chi connectivity index (χ1v) is 6.58.